The molecule has 0 bridgehead atoms. The number of amides is 1. The summed E-state index contributed by atoms with van der Waals surface area (Å²) in [7, 11) is 1.60. The van der Waals surface area contributed by atoms with E-state index < -0.39 is 11.5 Å². The van der Waals surface area contributed by atoms with E-state index >= 15 is 0 Å². The van der Waals surface area contributed by atoms with E-state index in [9.17, 15) is 9.59 Å². The maximum Gasteiger partial charge on any atom is 0.349 e. The summed E-state index contributed by atoms with van der Waals surface area (Å²) in [5.41, 5.74) is 2.35. The van der Waals surface area contributed by atoms with Crippen molar-refractivity contribution in [3.8, 4) is 5.75 Å². The number of benzene rings is 4. The highest BCUT2D eigenvalue weighted by atomic mass is 32.1. The summed E-state index contributed by atoms with van der Waals surface area (Å²) < 4.78 is 12.1. The second kappa shape index (κ2) is 9.19. The van der Waals surface area contributed by atoms with Gasteiger partial charge in [0.2, 0.25) is 0 Å². The topological polar surface area (TPSA) is 72.6 Å². The monoisotopic (exact) mass is 506 g/mol. The van der Waals surface area contributed by atoms with Crippen molar-refractivity contribution < 1.29 is 13.9 Å². The first-order chi connectivity index (χ1) is 18.0. The van der Waals surface area contributed by atoms with Crippen LogP contribution in [0, 0.1) is 6.92 Å². The van der Waals surface area contributed by atoms with Crippen molar-refractivity contribution in [2.75, 3.05) is 12.0 Å². The van der Waals surface area contributed by atoms with E-state index in [-0.39, 0.29) is 12.1 Å². The molecule has 6 rings (SSSR count). The van der Waals surface area contributed by atoms with Gasteiger partial charge in [0.1, 0.15) is 22.4 Å². The Kier molecular flexibility index (Phi) is 5.70. The number of thiazole rings is 1. The Morgan fingerprint density at radius 1 is 0.973 bits per heavy atom. The lowest BCUT2D eigenvalue weighted by Crippen LogP contribution is -2.33. The van der Waals surface area contributed by atoms with Crippen molar-refractivity contribution >= 4 is 54.3 Å². The van der Waals surface area contributed by atoms with Crippen molar-refractivity contribution in [2.24, 2.45) is 0 Å². The summed E-state index contributed by atoms with van der Waals surface area (Å²) >= 11 is 1.40. The standard InChI is InChI=1S/C30H22N2O4S/c1-18-12-14-25(35-2)26-27(18)37-30(31-26)32(17-19-8-4-3-5-9-19)28(33)23-16-22-21-11-7-6-10-20(21)13-15-24(22)36-29(23)34/h3-16H,17H2,1-2H3. The lowest BCUT2D eigenvalue weighted by molar-refractivity contribution is 0.0981. The third-order valence-corrected chi connectivity index (χ3v) is 7.66. The zero-order valence-electron chi connectivity index (χ0n) is 20.2. The largest absolute Gasteiger partial charge is 0.494 e. The number of aromatic nitrogens is 1. The zero-order valence-corrected chi connectivity index (χ0v) is 21.0. The number of methoxy groups -OCH3 is 1. The molecule has 182 valence electrons. The van der Waals surface area contributed by atoms with Gasteiger partial charge < -0.3 is 9.15 Å². The minimum absolute atomic E-state index is 0.0391. The lowest BCUT2D eigenvalue weighted by Gasteiger charge is -2.20. The van der Waals surface area contributed by atoms with E-state index in [1.54, 1.807) is 24.1 Å². The first kappa shape index (κ1) is 22.9. The maximum atomic E-state index is 14.1. The Morgan fingerprint density at radius 2 is 1.76 bits per heavy atom. The maximum absolute atomic E-state index is 14.1. The number of anilines is 1. The molecular formula is C30H22N2O4S. The molecule has 0 atom stereocenters. The molecule has 0 spiro atoms. The van der Waals surface area contributed by atoms with Crippen LogP contribution < -0.4 is 15.3 Å². The first-order valence-corrected chi connectivity index (χ1v) is 12.6. The molecule has 7 heteroatoms. The Labute approximate surface area is 216 Å². The Bertz CT molecular complexity index is 1860. The molecule has 37 heavy (non-hydrogen) atoms. The van der Waals surface area contributed by atoms with Gasteiger partial charge in [-0.05, 0) is 47.0 Å². The summed E-state index contributed by atoms with van der Waals surface area (Å²) in [4.78, 5) is 33.5. The number of nitrogens with zero attached hydrogens (tertiary/aromatic N) is 2. The van der Waals surface area contributed by atoms with Gasteiger partial charge in [-0.2, -0.15) is 0 Å². The molecule has 0 radical (unpaired) electrons. The minimum Gasteiger partial charge on any atom is -0.494 e. The SMILES string of the molecule is COc1ccc(C)c2sc(N(Cc3ccccc3)C(=O)c3cc4c(ccc5ccccc54)oc3=O)nc12. The van der Waals surface area contributed by atoms with Crippen molar-refractivity contribution in [1.29, 1.82) is 0 Å². The molecule has 6 aromatic rings. The van der Waals surface area contributed by atoms with Crippen LogP contribution in [0.2, 0.25) is 0 Å². The van der Waals surface area contributed by atoms with Gasteiger partial charge in [0, 0.05) is 5.39 Å². The molecule has 0 unspecified atom stereocenters. The molecular weight excluding hydrogens is 484 g/mol. The highest BCUT2D eigenvalue weighted by molar-refractivity contribution is 7.22. The van der Waals surface area contributed by atoms with Crippen LogP contribution in [0.3, 0.4) is 0 Å². The van der Waals surface area contributed by atoms with Gasteiger partial charge >= 0.3 is 5.63 Å². The number of rotatable bonds is 5. The molecule has 0 aliphatic heterocycles. The summed E-state index contributed by atoms with van der Waals surface area (Å²) in [6, 6.07) is 26.6. The van der Waals surface area contributed by atoms with Crippen molar-refractivity contribution in [1.82, 2.24) is 4.98 Å². The highest BCUT2D eigenvalue weighted by Crippen LogP contribution is 2.37. The van der Waals surface area contributed by atoms with Crippen LogP contribution in [-0.4, -0.2) is 18.0 Å². The van der Waals surface area contributed by atoms with Crippen LogP contribution >= 0.6 is 11.3 Å². The third-order valence-electron chi connectivity index (χ3n) is 6.44. The molecule has 0 fully saturated rings. The minimum atomic E-state index is -0.680. The van der Waals surface area contributed by atoms with Gasteiger partial charge in [-0.25, -0.2) is 9.78 Å². The molecule has 2 heterocycles. The predicted molar refractivity (Wildman–Crippen MR) is 148 cm³/mol. The lowest BCUT2D eigenvalue weighted by atomic mass is 10.0. The Morgan fingerprint density at radius 3 is 2.57 bits per heavy atom. The Balaban J connectivity index is 1.54. The fraction of sp³-hybridized carbons (Fsp3) is 0.100. The number of fused-ring (bicyclic) bond motifs is 4. The van der Waals surface area contributed by atoms with Crippen LogP contribution in [0.5, 0.6) is 5.75 Å². The number of hydrogen-bond acceptors (Lipinski definition) is 6. The van der Waals surface area contributed by atoms with E-state index in [1.807, 2.05) is 79.7 Å². The molecule has 0 N–H and O–H groups in total. The van der Waals surface area contributed by atoms with E-state index in [2.05, 4.69) is 0 Å². The van der Waals surface area contributed by atoms with Gasteiger partial charge in [-0.1, -0.05) is 78.1 Å². The average molecular weight is 507 g/mol. The molecule has 0 aliphatic carbocycles. The molecule has 0 aliphatic rings. The van der Waals surface area contributed by atoms with Gasteiger partial charge in [-0.3, -0.25) is 9.69 Å². The highest BCUT2D eigenvalue weighted by Gasteiger charge is 2.26. The fourth-order valence-electron chi connectivity index (χ4n) is 4.54. The molecule has 6 nitrogen and oxygen atoms in total. The van der Waals surface area contributed by atoms with E-state index in [4.69, 9.17) is 14.1 Å². The molecule has 0 saturated heterocycles. The molecule has 1 amide bonds. The third kappa shape index (κ3) is 4.03. The molecule has 4 aromatic carbocycles. The average Bonchev–Trinajstić information content (AvgIpc) is 3.38. The predicted octanol–water partition coefficient (Wildman–Crippen LogP) is 6.72. The van der Waals surface area contributed by atoms with E-state index in [1.165, 1.54) is 11.3 Å². The van der Waals surface area contributed by atoms with Crippen LogP contribution in [0.25, 0.3) is 32.0 Å². The van der Waals surface area contributed by atoms with Gasteiger partial charge in [-0.15, -0.1) is 0 Å². The van der Waals surface area contributed by atoms with Gasteiger partial charge in [0.05, 0.1) is 18.4 Å². The number of carbonyl (C=O) groups excluding carboxylic acids is 1. The number of hydrogen-bond donors (Lipinski definition) is 0. The van der Waals surface area contributed by atoms with Crippen LogP contribution in [-0.2, 0) is 6.54 Å². The summed E-state index contributed by atoms with van der Waals surface area (Å²) in [5.74, 6) is 0.162. The fourth-order valence-corrected chi connectivity index (χ4v) is 5.59. The smallest absolute Gasteiger partial charge is 0.349 e. The van der Waals surface area contributed by atoms with Crippen LogP contribution in [0.1, 0.15) is 21.5 Å². The first-order valence-electron chi connectivity index (χ1n) is 11.8. The number of ether oxygens (including phenoxy) is 1. The Hall–Kier alpha value is -4.49. The summed E-state index contributed by atoms with van der Waals surface area (Å²) in [6.07, 6.45) is 0. The van der Waals surface area contributed by atoms with Crippen LogP contribution in [0.15, 0.2) is 94.1 Å². The van der Waals surface area contributed by atoms with Gasteiger partial charge in [0.25, 0.3) is 5.91 Å². The summed E-state index contributed by atoms with van der Waals surface area (Å²) in [5, 5.41) is 3.10. The number of aryl methyl sites for hydroxylation is 1. The van der Waals surface area contributed by atoms with Crippen LogP contribution in [0.4, 0.5) is 5.13 Å². The second-order valence-corrected chi connectivity index (χ2v) is 9.76. The van der Waals surface area contributed by atoms with E-state index in [0.717, 1.165) is 26.6 Å². The van der Waals surface area contributed by atoms with E-state index in [0.29, 0.717) is 27.4 Å². The van der Waals surface area contributed by atoms with Crippen molar-refractivity contribution in [3.05, 3.63) is 112 Å². The van der Waals surface area contributed by atoms with Crippen molar-refractivity contribution in [2.45, 2.75) is 13.5 Å². The second-order valence-electron chi connectivity index (χ2n) is 8.78. The number of carbonyl (C=O) groups is 1. The zero-order chi connectivity index (χ0) is 25.5. The normalized spacial score (nSPS) is 11.3. The van der Waals surface area contributed by atoms with Crippen molar-refractivity contribution in [3.63, 3.8) is 0 Å². The summed E-state index contributed by atoms with van der Waals surface area (Å²) in [6.45, 7) is 2.24. The van der Waals surface area contributed by atoms with Gasteiger partial charge in [0.15, 0.2) is 5.13 Å². The molecule has 0 saturated carbocycles. The quantitative estimate of drug-likeness (QED) is 0.192. The molecule has 2 aromatic heterocycles.